The molecule has 8 heteroatoms. The normalized spacial score (nSPS) is 15.8. The summed E-state index contributed by atoms with van der Waals surface area (Å²) in [4.78, 5) is 12.5. The number of aryl methyl sites for hydroxylation is 1. The van der Waals surface area contributed by atoms with E-state index in [9.17, 15) is 4.79 Å². The summed E-state index contributed by atoms with van der Waals surface area (Å²) < 4.78 is 3.97. The molecule has 3 rings (SSSR count). The lowest BCUT2D eigenvalue weighted by molar-refractivity contribution is -0.115. The van der Waals surface area contributed by atoms with E-state index in [0.717, 1.165) is 42.6 Å². The van der Waals surface area contributed by atoms with Gasteiger partial charge < -0.3 is 9.88 Å². The van der Waals surface area contributed by atoms with Crippen molar-refractivity contribution >= 4 is 23.5 Å². The Labute approximate surface area is 146 Å². The summed E-state index contributed by atoms with van der Waals surface area (Å²) in [7, 11) is 0. The van der Waals surface area contributed by atoms with Gasteiger partial charge in [-0.1, -0.05) is 18.2 Å². The maximum absolute atomic E-state index is 12.5. The van der Waals surface area contributed by atoms with Gasteiger partial charge in [0.15, 0.2) is 5.16 Å². The fourth-order valence-electron chi connectivity index (χ4n) is 2.81. The largest absolute Gasteiger partial charge is 0.310 e. The number of carbonyl (C=O) groups excluding carboxylic acids is 1. The van der Waals surface area contributed by atoms with E-state index in [1.807, 2.05) is 26.8 Å². The lowest BCUT2D eigenvalue weighted by Gasteiger charge is -2.15. The number of thioether (sulfide) groups is 1. The van der Waals surface area contributed by atoms with Gasteiger partial charge in [0, 0.05) is 25.1 Å². The smallest absolute Gasteiger partial charge is 0.238 e. The Morgan fingerprint density at radius 1 is 1.25 bits per heavy atom. The highest BCUT2D eigenvalue weighted by atomic mass is 32.2. The van der Waals surface area contributed by atoms with Crippen LogP contribution in [0.1, 0.15) is 51.9 Å². The predicted octanol–water partition coefficient (Wildman–Crippen LogP) is 2.90. The van der Waals surface area contributed by atoms with Crippen LogP contribution < -0.4 is 5.32 Å². The molecule has 130 valence electrons. The Morgan fingerprint density at radius 2 is 2.08 bits per heavy atom. The molecule has 1 atom stereocenters. The van der Waals surface area contributed by atoms with Crippen LogP contribution in [0.5, 0.6) is 0 Å². The van der Waals surface area contributed by atoms with E-state index in [4.69, 9.17) is 0 Å². The zero-order valence-corrected chi connectivity index (χ0v) is 15.2. The predicted molar refractivity (Wildman–Crippen MR) is 94.1 cm³/mol. The second kappa shape index (κ2) is 7.38. The highest BCUT2D eigenvalue weighted by Gasteiger charge is 2.22. The third-order valence-corrected chi connectivity index (χ3v) is 5.22. The van der Waals surface area contributed by atoms with Gasteiger partial charge >= 0.3 is 0 Å². The van der Waals surface area contributed by atoms with Crippen LogP contribution in [0.25, 0.3) is 0 Å². The number of amides is 1. The Morgan fingerprint density at radius 3 is 2.88 bits per heavy atom. The number of carbonyl (C=O) groups is 1. The molecule has 0 saturated carbocycles. The maximum Gasteiger partial charge on any atom is 0.238 e. The average Bonchev–Trinajstić information content (AvgIpc) is 3.08. The molecular weight excluding hydrogens is 324 g/mol. The second-order valence-corrected chi connectivity index (χ2v) is 7.67. The summed E-state index contributed by atoms with van der Waals surface area (Å²) >= 11 is 1.47. The molecule has 2 aromatic heterocycles. The van der Waals surface area contributed by atoms with Crippen LogP contribution >= 0.6 is 11.8 Å². The van der Waals surface area contributed by atoms with Crippen LogP contribution in [0.15, 0.2) is 17.4 Å². The highest BCUT2D eigenvalue weighted by molar-refractivity contribution is 8.00. The summed E-state index contributed by atoms with van der Waals surface area (Å²) in [6.45, 7) is 6.91. The van der Waals surface area contributed by atoms with Crippen molar-refractivity contribution in [3.63, 3.8) is 0 Å². The van der Waals surface area contributed by atoms with Gasteiger partial charge in [-0.05, 0) is 33.6 Å². The molecule has 0 unspecified atom stereocenters. The summed E-state index contributed by atoms with van der Waals surface area (Å²) in [6.07, 6.45) is 6.21. The van der Waals surface area contributed by atoms with Gasteiger partial charge in [-0.2, -0.15) is 5.10 Å². The number of hydrogen-bond donors (Lipinski definition) is 1. The van der Waals surface area contributed by atoms with E-state index in [0.29, 0.717) is 0 Å². The fourth-order valence-corrected chi connectivity index (χ4v) is 3.70. The van der Waals surface area contributed by atoms with Crippen molar-refractivity contribution in [1.29, 1.82) is 0 Å². The first-order chi connectivity index (χ1) is 11.6. The molecule has 0 saturated heterocycles. The fraction of sp³-hybridized carbons (Fsp3) is 0.625. The average molecular weight is 348 g/mol. The molecule has 1 aliphatic heterocycles. The lowest BCUT2D eigenvalue weighted by Crippen LogP contribution is -2.25. The molecule has 3 heterocycles. The number of fused-ring (bicyclic) bond motifs is 1. The van der Waals surface area contributed by atoms with E-state index >= 15 is 0 Å². The second-order valence-electron chi connectivity index (χ2n) is 6.37. The third kappa shape index (κ3) is 3.63. The molecule has 0 aromatic carbocycles. The number of nitrogens with one attached hydrogen (secondary N) is 1. The number of nitrogens with zero attached hydrogens (tertiary/aromatic N) is 5. The van der Waals surface area contributed by atoms with Crippen LogP contribution in [0.2, 0.25) is 0 Å². The van der Waals surface area contributed by atoms with Crippen molar-refractivity contribution in [2.75, 3.05) is 5.32 Å². The topological polar surface area (TPSA) is 77.6 Å². The molecule has 0 aliphatic carbocycles. The summed E-state index contributed by atoms with van der Waals surface area (Å²) in [6, 6.07) is 2.02. The lowest BCUT2D eigenvalue weighted by atomic mass is 10.2. The van der Waals surface area contributed by atoms with E-state index in [1.165, 1.54) is 18.2 Å². The van der Waals surface area contributed by atoms with Crippen LogP contribution in [-0.4, -0.2) is 35.7 Å². The quantitative estimate of drug-likeness (QED) is 0.841. The summed E-state index contributed by atoms with van der Waals surface area (Å²) in [5.41, 5.74) is 0. The molecule has 7 nitrogen and oxygen atoms in total. The molecule has 1 aliphatic rings. The Kier molecular flexibility index (Phi) is 5.23. The number of aromatic nitrogens is 5. The zero-order chi connectivity index (χ0) is 17.1. The molecule has 2 aromatic rings. The van der Waals surface area contributed by atoms with E-state index < -0.39 is 0 Å². The standard InChI is InChI=1S/C16H24N6OS/c1-11(2)22-13(8-9-17-22)18-15(23)12(3)24-16-20-19-14-7-5-4-6-10-21(14)16/h8-9,11-12H,4-7,10H2,1-3H3,(H,18,23)/t12-/m0/s1. The van der Waals surface area contributed by atoms with Gasteiger partial charge in [0.05, 0.1) is 11.4 Å². The van der Waals surface area contributed by atoms with Gasteiger partial charge in [0.2, 0.25) is 5.91 Å². The number of rotatable bonds is 5. The minimum absolute atomic E-state index is 0.0478. The first-order valence-electron chi connectivity index (χ1n) is 8.49. The monoisotopic (exact) mass is 348 g/mol. The van der Waals surface area contributed by atoms with E-state index in [2.05, 4.69) is 25.2 Å². The SMILES string of the molecule is CC(C)n1nccc1NC(=O)[C@H](C)Sc1nnc2n1CCCCC2. The molecule has 0 radical (unpaired) electrons. The minimum Gasteiger partial charge on any atom is -0.310 e. The van der Waals surface area contributed by atoms with Gasteiger partial charge in [0.25, 0.3) is 0 Å². The van der Waals surface area contributed by atoms with Gasteiger partial charge in [-0.3, -0.25) is 4.79 Å². The van der Waals surface area contributed by atoms with Crippen LogP contribution in [0.3, 0.4) is 0 Å². The molecule has 1 N–H and O–H groups in total. The maximum atomic E-state index is 12.5. The van der Waals surface area contributed by atoms with Crippen molar-refractivity contribution in [2.45, 2.75) is 69.4 Å². The van der Waals surface area contributed by atoms with Crippen LogP contribution in [0, 0.1) is 0 Å². The van der Waals surface area contributed by atoms with Crippen molar-refractivity contribution in [3.8, 4) is 0 Å². The first-order valence-corrected chi connectivity index (χ1v) is 9.37. The Balaban J connectivity index is 1.66. The first kappa shape index (κ1) is 17.0. The van der Waals surface area contributed by atoms with Gasteiger partial charge in [-0.15, -0.1) is 10.2 Å². The molecule has 0 spiro atoms. The third-order valence-electron chi connectivity index (χ3n) is 4.14. The number of anilines is 1. The zero-order valence-electron chi connectivity index (χ0n) is 14.4. The summed E-state index contributed by atoms with van der Waals surface area (Å²) in [5.74, 6) is 1.72. The summed E-state index contributed by atoms with van der Waals surface area (Å²) in [5, 5.41) is 16.4. The molecule has 24 heavy (non-hydrogen) atoms. The molecule has 0 fully saturated rings. The van der Waals surface area contributed by atoms with Crippen LogP contribution in [-0.2, 0) is 17.8 Å². The Bertz CT molecular complexity index is 707. The van der Waals surface area contributed by atoms with Crippen molar-refractivity contribution in [1.82, 2.24) is 24.5 Å². The van der Waals surface area contributed by atoms with Gasteiger partial charge in [0.1, 0.15) is 11.6 Å². The minimum atomic E-state index is -0.253. The van der Waals surface area contributed by atoms with Crippen molar-refractivity contribution < 1.29 is 4.79 Å². The van der Waals surface area contributed by atoms with Crippen molar-refractivity contribution in [3.05, 3.63) is 18.1 Å². The van der Waals surface area contributed by atoms with E-state index in [-0.39, 0.29) is 17.2 Å². The van der Waals surface area contributed by atoms with E-state index in [1.54, 1.807) is 10.9 Å². The van der Waals surface area contributed by atoms with Gasteiger partial charge in [-0.25, -0.2) is 4.68 Å². The van der Waals surface area contributed by atoms with Crippen LogP contribution in [0.4, 0.5) is 5.82 Å². The molecule has 1 amide bonds. The molecule has 0 bridgehead atoms. The van der Waals surface area contributed by atoms with Crippen molar-refractivity contribution in [2.24, 2.45) is 0 Å². The Hall–Kier alpha value is -1.83. The highest BCUT2D eigenvalue weighted by Crippen LogP contribution is 2.26. The molecular formula is C16H24N6OS. The number of hydrogen-bond acceptors (Lipinski definition) is 5.